The van der Waals surface area contributed by atoms with E-state index in [1.807, 2.05) is 5.51 Å². The lowest BCUT2D eigenvalue weighted by atomic mass is 10.1. The fourth-order valence-electron chi connectivity index (χ4n) is 2.30. The van der Waals surface area contributed by atoms with Gasteiger partial charge in [-0.05, 0) is 41.8 Å². The lowest BCUT2D eigenvalue weighted by Crippen LogP contribution is -1.91. The van der Waals surface area contributed by atoms with E-state index in [1.165, 1.54) is 27.9 Å². The topological polar surface area (TPSA) is 28.7 Å². The first-order valence-electron chi connectivity index (χ1n) is 6.71. The van der Waals surface area contributed by atoms with Crippen LogP contribution >= 0.6 is 11.3 Å². The Balaban J connectivity index is 1.80. The Hall–Kier alpha value is -1.61. The molecule has 0 amide bonds. The van der Waals surface area contributed by atoms with E-state index in [9.17, 15) is 0 Å². The molecule has 98 valence electrons. The predicted molar refractivity (Wildman–Crippen MR) is 81.9 cm³/mol. The minimum atomic E-state index is 0.547. The molecule has 1 aromatic carbocycles. The first-order valence-corrected chi connectivity index (χ1v) is 7.65. The molecule has 2 nitrogen and oxygen atoms in total. The second kappa shape index (κ2) is 5.17. The van der Waals surface area contributed by atoms with Crippen molar-refractivity contribution >= 4 is 22.2 Å². The molecular formula is C16H18N2S. The number of nitrogens with one attached hydrogen (secondary N) is 1. The highest BCUT2D eigenvalue weighted by atomic mass is 32.1. The van der Waals surface area contributed by atoms with Crippen LogP contribution in [0.4, 0.5) is 0 Å². The van der Waals surface area contributed by atoms with Gasteiger partial charge in [0.15, 0.2) is 0 Å². The number of benzene rings is 1. The van der Waals surface area contributed by atoms with Crippen molar-refractivity contribution in [1.29, 1.82) is 0 Å². The summed E-state index contributed by atoms with van der Waals surface area (Å²) in [6, 6.07) is 8.97. The summed E-state index contributed by atoms with van der Waals surface area (Å²) in [6.45, 7) is 4.43. The van der Waals surface area contributed by atoms with Crippen LogP contribution in [0.1, 0.15) is 36.7 Å². The van der Waals surface area contributed by atoms with E-state index >= 15 is 0 Å². The van der Waals surface area contributed by atoms with Gasteiger partial charge < -0.3 is 4.98 Å². The van der Waals surface area contributed by atoms with E-state index < -0.39 is 0 Å². The Kier molecular flexibility index (Phi) is 3.38. The molecule has 0 aliphatic heterocycles. The van der Waals surface area contributed by atoms with Crippen LogP contribution in [-0.2, 0) is 12.8 Å². The van der Waals surface area contributed by atoms with Crippen molar-refractivity contribution in [3.63, 3.8) is 0 Å². The number of nitrogens with zero attached hydrogens (tertiary/aromatic N) is 1. The molecular weight excluding hydrogens is 252 g/mol. The van der Waals surface area contributed by atoms with E-state index in [2.05, 4.69) is 53.5 Å². The van der Waals surface area contributed by atoms with Crippen molar-refractivity contribution in [3.8, 4) is 0 Å². The van der Waals surface area contributed by atoms with E-state index in [0.717, 1.165) is 12.8 Å². The van der Waals surface area contributed by atoms with E-state index in [4.69, 9.17) is 0 Å². The normalized spacial score (nSPS) is 11.5. The maximum atomic E-state index is 4.33. The monoisotopic (exact) mass is 270 g/mol. The zero-order valence-electron chi connectivity index (χ0n) is 11.3. The smallest absolute Gasteiger partial charge is 0.0794 e. The largest absolute Gasteiger partial charge is 0.358 e. The highest BCUT2D eigenvalue weighted by Gasteiger charge is 2.05. The molecule has 0 aliphatic carbocycles. The van der Waals surface area contributed by atoms with Crippen LogP contribution < -0.4 is 0 Å². The minimum absolute atomic E-state index is 0.547. The van der Waals surface area contributed by atoms with Crippen molar-refractivity contribution in [3.05, 3.63) is 52.1 Å². The third-order valence-corrected chi connectivity index (χ3v) is 4.12. The molecule has 0 bridgehead atoms. The minimum Gasteiger partial charge on any atom is -0.358 e. The third kappa shape index (κ3) is 2.71. The number of aryl methyl sites for hydroxylation is 2. The Labute approximate surface area is 117 Å². The number of H-pyrrole nitrogens is 1. The lowest BCUT2D eigenvalue weighted by molar-refractivity contribution is 0.836. The highest BCUT2D eigenvalue weighted by molar-refractivity contribution is 7.07. The summed E-state index contributed by atoms with van der Waals surface area (Å²) >= 11 is 1.67. The number of hydrogen-bond donors (Lipinski definition) is 1. The van der Waals surface area contributed by atoms with Crippen LogP contribution in [-0.4, -0.2) is 9.97 Å². The summed E-state index contributed by atoms with van der Waals surface area (Å²) in [5.41, 5.74) is 7.03. The van der Waals surface area contributed by atoms with Crippen molar-refractivity contribution < 1.29 is 0 Å². The Morgan fingerprint density at radius 3 is 2.84 bits per heavy atom. The van der Waals surface area contributed by atoms with Gasteiger partial charge in [-0.3, -0.25) is 0 Å². The van der Waals surface area contributed by atoms with Gasteiger partial charge in [0.1, 0.15) is 0 Å². The first kappa shape index (κ1) is 12.4. The third-order valence-electron chi connectivity index (χ3n) is 3.48. The molecule has 0 spiro atoms. The van der Waals surface area contributed by atoms with Crippen molar-refractivity contribution in [2.24, 2.45) is 0 Å². The van der Waals surface area contributed by atoms with Crippen LogP contribution in [0.5, 0.6) is 0 Å². The molecule has 1 N–H and O–H groups in total. The van der Waals surface area contributed by atoms with Crippen LogP contribution in [0.2, 0.25) is 0 Å². The summed E-state index contributed by atoms with van der Waals surface area (Å²) in [4.78, 5) is 7.85. The van der Waals surface area contributed by atoms with Gasteiger partial charge in [0.25, 0.3) is 0 Å². The lowest BCUT2D eigenvalue weighted by Gasteiger charge is -2.00. The van der Waals surface area contributed by atoms with Gasteiger partial charge in [-0.2, -0.15) is 0 Å². The average molecular weight is 270 g/mol. The molecule has 3 rings (SSSR count). The summed E-state index contributed by atoms with van der Waals surface area (Å²) in [5, 5.41) is 3.44. The fourth-order valence-corrected chi connectivity index (χ4v) is 2.89. The van der Waals surface area contributed by atoms with Crippen molar-refractivity contribution in [2.75, 3.05) is 0 Å². The number of thiazole rings is 1. The molecule has 0 unspecified atom stereocenters. The van der Waals surface area contributed by atoms with Crippen LogP contribution in [0.25, 0.3) is 10.9 Å². The van der Waals surface area contributed by atoms with Crippen molar-refractivity contribution in [1.82, 2.24) is 9.97 Å². The van der Waals surface area contributed by atoms with Crippen LogP contribution in [0, 0.1) is 0 Å². The van der Waals surface area contributed by atoms with Crippen LogP contribution in [0.15, 0.2) is 35.2 Å². The molecule has 0 atom stereocenters. The zero-order chi connectivity index (χ0) is 13.2. The van der Waals surface area contributed by atoms with Gasteiger partial charge in [-0.25, -0.2) is 4.98 Å². The molecule has 0 saturated carbocycles. The van der Waals surface area contributed by atoms with E-state index in [0.29, 0.717) is 5.92 Å². The summed E-state index contributed by atoms with van der Waals surface area (Å²) < 4.78 is 0. The highest BCUT2D eigenvalue weighted by Crippen LogP contribution is 2.22. The summed E-state index contributed by atoms with van der Waals surface area (Å²) in [5.74, 6) is 0.547. The maximum Gasteiger partial charge on any atom is 0.0794 e. The number of fused-ring (bicyclic) bond motifs is 1. The number of rotatable bonds is 4. The molecule has 0 aliphatic rings. The number of hydrogen-bond acceptors (Lipinski definition) is 2. The second-order valence-corrected chi connectivity index (χ2v) is 6.00. The van der Waals surface area contributed by atoms with Gasteiger partial charge in [0, 0.05) is 16.6 Å². The summed E-state index contributed by atoms with van der Waals surface area (Å²) in [6.07, 6.45) is 2.07. The van der Waals surface area contributed by atoms with E-state index in [1.54, 1.807) is 11.3 Å². The SMILES string of the molecule is CC(C)c1cc2ccc(CCc3cscn3)cc2[nH]1. The Morgan fingerprint density at radius 1 is 1.21 bits per heavy atom. The number of aromatic nitrogens is 2. The second-order valence-electron chi connectivity index (χ2n) is 5.28. The summed E-state index contributed by atoms with van der Waals surface area (Å²) in [7, 11) is 0. The molecule has 0 saturated heterocycles. The van der Waals surface area contributed by atoms with Gasteiger partial charge in [-0.1, -0.05) is 26.0 Å². The van der Waals surface area contributed by atoms with E-state index in [-0.39, 0.29) is 0 Å². The predicted octanol–water partition coefficient (Wildman–Crippen LogP) is 4.53. The van der Waals surface area contributed by atoms with Crippen LogP contribution in [0.3, 0.4) is 0 Å². The molecule has 3 aromatic rings. The standard InChI is InChI=1S/C16H18N2S/c1-11(2)15-8-13-5-3-12(7-16(13)18-15)4-6-14-9-19-10-17-14/h3,5,7-11,18H,4,6H2,1-2H3. The molecule has 0 radical (unpaired) electrons. The molecule has 19 heavy (non-hydrogen) atoms. The Bertz CT molecular complexity index is 665. The molecule has 3 heteroatoms. The van der Waals surface area contributed by atoms with Gasteiger partial charge in [0.05, 0.1) is 11.2 Å². The van der Waals surface area contributed by atoms with Gasteiger partial charge >= 0.3 is 0 Å². The van der Waals surface area contributed by atoms with Crippen molar-refractivity contribution in [2.45, 2.75) is 32.6 Å². The number of aromatic amines is 1. The maximum absolute atomic E-state index is 4.33. The molecule has 0 fully saturated rings. The first-order chi connectivity index (χ1) is 9.22. The van der Waals surface area contributed by atoms with Gasteiger partial charge in [0.2, 0.25) is 0 Å². The zero-order valence-corrected chi connectivity index (χ0v) is 12.1. The quantitative estimate of drug-likeness (QED) is 0.741. The molecule has 2 heterocycles. The average Bonchev–Trinajstić information content (AvgIpc) is 3.04. The molecule has 2 aromatic heterocycles. The van der Waals surface area contributed by atoms with Gasteiger partial charge in [-0.15, -0.1) is 11.3 Å². The Morgan fingerprint density at radius 2 is 2.11 bits per heavy atom. The fraction of sp³-hybridized carbons (Fsp3) is 0.312.